The Labute approximate surface area is 301 Å². The predicted octanol–water partition coefficient (Wildman–Crippen LogP) is 6.42. The molecule has 0 fully saturated rings. The first-order chi connectivity index (χ1) is 24.7. The minimum absolute atomic E-state index is 0.0517. The molecule has 0 spiro atoms. The van der Waals surface area contributed by atoms with Crippen LogP contribution in [0.3, 0.4) is 0 Å². The fourth-order valence-corrected chi connectivity index (χ4v) is 5.37. The number of carbonyl (C=O) groups excluding carboxylic acids is 4. The number of anilines is 1. The van der Waals surface area contributed by atoms with Gasteiger partial charge in [0.2, 0.25) is 11.7 Å². The van der Waals surface area contributed by atoms with Gasteiger partial charge in [0.05, 0.1) is 17.2 Å². The molecule has 1 aromatic heterocycles. The highest BCUT2D eigenvalue weighted by molar-refractivity contribution is 6.36. The Morgan fingerprint density at radius 2 is 1.75 bits per heavy atom. The number of amides is 2. The average Bonchev–Trinajstić information content (AvgIpc) is 3.69. The number of ketones is 2. The highest BCUT2D eigenvalue weighted by atomic mass is 35.5. The zero-order chi connectivity index (χ0) is 36.8. The molecule has 0 saturated heterocycles. The van der Waals surface area contributed by atoms with Gasteiger partial charge < -0.3 is 26.2 Å². The van der Waals surface area contributed by atoms with E-state index in [1.807, 2.05) is 43.3 Å². The maximum absolute atomic E-state index is 13.3. The van der Waals surface area contributed by atoms with Crippen LogP contribution in [0.1, 0.15) is 54.7 Å². The van der Waals surface area contributed by atoms with Gasteiger partial charge in [0.25, 0.3) is 5.91 Å². The zero-order valence-corrected chi connectivity index (χ0v) is 29.1. The number of hydrogen-bond acceptors (Lipinski definition) is 8. The molecule has 0 atom stereocenters. The van der Waals surface area contributed by atoms with Gasteiger partial charge in [-0.3, -0.25) is 19.2 Å². The Balaban J connectivity index is 0.000000238. The number of benzene rings is 3. The number of Topliss-reactive ketones (excluding diaryl/α,β-unsaturated/α-hetero) is 2. The van der Waals surface area contributed by atoms with Crippen LogP contribution in [0.15, 0.2) is 124 Å². The second-order valence-electron chi connectivity index (χ2n) is 11.2. The third kappa shape index (κ3) is 9.94. The summed E-state index contributed by atoms with van der Waals surface area (Å²) in [6.45, 7) is 4.71. The van der Waals surface area contributed by atoms with E-state index in [0.717, 1.165) is 28.4 Å². The molecule has 1 aliphatic carbocycles. The number of carbonyl (C=O) groups is 4. The molecule has 10 nitrogen and oxygen atoms in total. The topological polar surface area (TPSA) is 156 Å². The Bertz CT molecular complexity index is 2060. The summed E-state index contributed by atoms with van der Waals surface area (Å²) in [7, 11) is 0. The highest BCUT2D eigenvalue weighted by Gasteiger charge is 2.23. The van der Waals surface area contributed by atoms with Crippen molar-refractivity contribution in [3.63, 3.8) is 0 Å². The zero-order valence-electron chi connectivity index (χ0n) is 28.3. The quantitative estimate of drug-likeness (QED) is 0.0433. The summed E-state index contributed by atoms with van der Waals surface area (Å²) in [5, 5.41) is 14.2. The summed E-state index contributed by atoms with van der Waals surface area (Å²) in [5.41, 5.74) is 9.75. The molecular weight excluding hydrogens is 666 g/mol. The molecule has 5 N–H and O–H groups in total. The Morgan fingerprint density at radius 1 is 1.00 bits per heavy atom. The number of nitrogens with one attached hydrogen (secondary N) is 3. The smallest absolute Gasteiger partial charge is 0.256 e. The largest absolute Gasteiger partial charge is 0.397 e. The van der Waals surface area contributed by atoms with Crippen molar-refractivity contribution in [2.24, 2.45) is 5.73 Å². The number of aromatic nitrogens is 1. The van der Waals surface area contributed by atoms with Gasteiger partial charge in [-0.2, -0.15) is 0 Å². The second kappa shape index (κ2) is 18.5. The van der Waals surface area contributed by atoms with Crippen molar-refractivity contribution >= 4 is 57.1 Å². The van der Waals surface area contributed by atoms with Crippen LogP contribution in [0.2, 0.25) is 0 Å². The molecule has 1 aliphatic rings. The molecule has 0 bridgehead atoms. The van der Waals surface area contributed by atoms with Crippen molar-refractivity contribution < 1.29 is 23.7 Å². The summed E-state index contributed by atoms with van der Waals surface area (Å²) in [4.78, 5) is 49.7. The van der Waals surface area contributed by atoms with Crippen molar-refractivity contribution in [1.82, 2.24) is 15.8 Å². The van der Waals surface area contributed by atoms with E-state index in [0.29, 0.717) is 42.0 Å². The molecule has 4 aromatic rings. The molecule has 1 heterocycles. The molecule has 0 aliphatic heterocycles. The molecular formula is C40H38ClN5O5. The molecule has 260 valence electrons. The Hall–Kier alpha value is -6.18. The monoisotopic (exact) mass is 703 g/mol. The van der Waals surface area contributed by atoms with E-state index in [-0.39, 0.29) is 40.1 Å². The van der Waals surface area contributed by atoms with Gasteiger partial charge in [-0.25, -0.2) is 0 Å². The summed E-state index contributed by atoms with van der Waals surface area (Å²) in [6.07, 6.45) is 12.6. The van der Waals surface area contributed by atoms with E-state index in [9.17, 15) is 19.2 Å². The fraction of sp³-hybridized carbons (Fsp3) is 0.175. The molecule has 3 aromatic carbocycles. The van der Waals surface area contributed by atoms with Crippen molar-refractivity contribution in [1.29, 1.82) is 0 Å². The van der Waals surface area contributed by atoms with Crippen LogP contribution in [-0.4, -0.2) is 41.6 Å². The van der Waals surface area contributed by atoms with Gasteiger partial charge in [-0.15, -0.1) is 6.42 Å². The number of nitrogens with two attached hydrogens (primary N) is 1. The normalized spacial score (nSPS) is 13.4. The van der Waals surface area contributed by atoms with Gasteiger partial charge in [-0.05, 0) is 54.8 Å². The van der Waals surface area contributed by atoms with Crippen molar-refractivity contribution in [3.8, 4) is 12.3 Å². The van der Waals surface area contributed by atoms with Crippen molar-refractivity contribution in [3.05, 3.63) is 136 Å². The lowest BCUT2D eigenvalue weighted by atomic mass is 9.95. The number of terminal acetylenes is 1. The SMILES string of the molecule is C#Cc1ccc(NC=C(C(=O)NCCC)C(=O)c2cccc3ccccc23)cc1.CCNC(=O)CC(=O)C1=C(Cl)C(=C(N)c2ccon2)CC=C1. The molecule has 0 unspecified atom stereocenters. The maximum atomic E-state index is 13.3. The standard InChI is InChI=1S/C25H22N2O2.C15H16ClN3O3/c1-3-16-26-25(29)23(17-27-20-14-12-18(4-2)13-15-20)24(28)22-11-7-9-19-8-5-6-10-21(19)22;1-2-18-13(21)8-12(20)9-4-3-5-10(14(9)16)15(17)11-6-7-22-19-11/h2,5-15,17,27H,3,16H2,1H3,(H,26,29);3-4,6-7H,2,5,8,17H2,1H3,(H,18,21). The molecule has 11 heteroatoms. The first-order valence-corrected chi connectivity index (χ1v) is 16.7. The van der Waals surface area contributed by atoms with Crippen molar-refractivity contribution in [2.45, 2.75) is 33.1 Å². The number of allylic oxidation sites excluding steroid dienone is 5. The first-order valence-electron chi connectivity index (χ1n) is 16.3. The van der Waals surface area contributed by atoms with Crippen LogP contribution in [0.5, 0.6) is 0 Å². The summed E-state index contributed by atoms with van der Waals surface area (Å²) < 4.78 is 4.75. The second-order valence-corrected chi connectivity index (χ2v) is 11.6. The van der Waals surface area contributed by atoms with Crippen LogP contribution < -0.4 is 21.7 Å². The van der Waals surface area contributed by atoms with E-state index in [1.165, 1.54) is 12.5 Å². The predicted molar refractivity (Wildman–Crippen MR) is 200 cm³/mol. The van der Waals surface area contributed by atoms with Gasteiger partial charge in [0, 0.05) is 53.3 Å². The number of rotatable bonds is 12. The van der Waals surface area contributed by atoms with Crippen molar-refractivity contribution in [2.75, 3.05) is 18.4 Å². The minimum atomic E-state index is -0.405. The van der Waals surface area contributed by atoms with Gasteiger partial charge in [0.1, 0.15) is 17.5 Å². The van der Waals surface area contributed by atoms with E-state index < -0.39 is 5.91 Å². The van der Waals surface area contributed by atoms with E-state index >= 15 is 0 Å². The Kier molecular flexibility index (Phi) is 13.7. The fourth-order valence-electron chi connectivity index (χ4n) is 5.02. The van der Waals surface area contributed by atoms with Gasteiger partial charge >= 0.3 is 0 Å². The van der Waals surface area contributed by atoms with Gasteiger partial charge in [0.15, 0.2) is 5.78 Å². The van der Waals surface area contributed by atoms with Crippen LogP contribution in [0.25, 0.3) is 16.5 Å². The van der Waals surface area contributed by atoms with Gasteiger partial charge in [-0.1, -0.05) is 84.2 Å². The first kappa shape index (κ1) is 37.6. The lowest BCUT2D eigenvalue weighted by Gasteiger charge is -2.15. The average molecular weight is 704 g/mol. The third-order valence-electron chi connectivity index (χ3n) is 7.64. The molecule has 5 rings (SSSR count). The molecule has 2 amide bonds. The number of nitrogens with zero attached hydrogens (tertiary/aromatic N) is 1. The lowest BCUT2D eigenvalue weighted by molar-refractivity contribution is -0.126. The number of hydrogen-bond donors (Lipinski definition) is 4. The lowest BCUT2D eigenvalue weighted by Crippen LogP contribution is -2.29. The summed E-state index contributed by atoms with van der Waals surface area (Å²) in [5.74, 6) is 1.14. The van der Waals surface area contributed by atoms with Crippen LogP contribution in [0.4, 0.5) is 5.69 Å². The minimum Gasteiger partial charge on any atom is -0.397 e. The van der Waals surface area contributed by atoms with Crippen LogP contribution in [-0.2, 0) is 14.4 Å². The third-order valence-corrected chi connectivity index (χ3v) is 8.07. The van der Waals surface area contributed by atoms with Crippen LogP contribution >= 0.6 is 11.6 Å². The molecule has 0 radical (unpaired) electrons. The number of fused-ring (bicyclic) bond motifs is 1. The highest BCUT2D eigenvalue weighted by Crippen LogP contribution is 2.32. The van der Waals surface area contributed by atoms with E-state index in [1.54, 1.807) is 55.5 Å². The molecule has 51 heavy (non-hydrogen) atoms. The Morgan fingerprint density at radius 3 is 2.43 bits per heavy atom. The van der Waals surface area contributed by atoms with Crippen LogP contribution in [0, 0.1) is 12.3 Å². The molecule has 0 saturated carbocycles. The maximum Gasteiger partial charge on any atom is 0.256 e. The van der Waals surface area contributed by atoms with E-state index in [4.69, 9.17) is 28.3 Å². The summed E-state index contributed by atoms with van der Waals surface area (Å²) in [6, 6.07) is 21.9. The van der Waals surface area contributed by atoms with E-state index in [2.05, 4.69) is 27.0 Å². The number of halogens is 1. The summed E-state index contributed by atoms with van der Waals surface area (Å²) >= 11 is 6.30.